The molecule has 0 amide bonds. The molecule has 0 spiro atoms. The summed E-state index contributed by atoms with van der Waals surface area (Å²) in [6.07, 6.45) is 1.09. The van der Waals surface area contributed by atoms with Crippen molar-refractivity contribution < 1.29 is 13.2 Å². The van der Waals surface area contributed by atoms with Crippen LogP contribution in [-0.2, 0) is 9.84 Å². The van der Waals surface area contributed by atoms with Gasteiger partial charge < -0.3 is 0 Å². The first-order valence-corrected chi connectivity index (χ1v) is 7.86. The predicted octanol–water partition coefficient (Wildman–Crippen LogP) is 2.85. The highest BCUT2D eigenvalue weighted by molar-refractivity contribution is 7.92. The summed E-state index contributed by atoms with van der Waals surface area (Å²) < 4.78 is 22.0. The predicted molar refractivity (Wildman–Crippen MR) is 77.2 cm³/mol. The summed E-state index contributed by atoms with van der Waals surface area (Å²) in [4.78, 5) is 12.4. The number of carbonyl (C=O) groups is 1. The van der Waals surface area contributed by atoms with Crippen LogP contribution in [0.4, 0.5) is 0 Å². The monoisotopic (exact) mass is 276 g/mol. The molecule has 0 radical (unpaired) electrons. The van der Waals surface area contributed by atoms with Gasteiger partial charge in [-0.05, 0) is 30.7 Å². The fraction of sp³-hybridized carbons (Fsp3) is 0.267. The Morgan fingerprint density at radius 2 is 1.58 bits per heavy atom. The molecule has 2 aromatic rings. The Morgan fingerprint density at radius 3 is 2.16 bits per heavy atom. The molecule has 0 saturated carbocycles. The summed E-state index contributed by atoms with van der Waals surface area (Å²) in [5.74, 6) is -0.374. The van der Waals surface area contributed by atoms with Gasteiger partial charge in [0, 0.05) is 11.8 Å². The number of sulfone groups is 1. The number of rotatable bonds is 3. The van der Waals surface area contributed by atoms with Crippen molar-refractivity contribution in [1.29, 1.82) is 0 Å². The van der Waals surface area contributed by atoms with Gasteiger partial charge >= 0.3 is 0 Å². The zero-order chi connectivity index (χ0) is 14.3. The van der Waals surface area contributed by atoms with Crippen LogP contribution in [-0.4, -0.2) is 25.2 Å². The SMILES string of the molecule is CC(C)(C(=O)c1ccc2ccccc2c1)S(C)(=O)=O. The van der Waals surface area contributed by atoms with E-state index in [-0.39, 0.29) is 5.78 Å². The van der Waals surface area contributed by atoms with E-state index < -0.39 is 14.6 Å². The Bertz CT molecular complexity index is 743. The molecule has 100 valence electrons. The Hall–Kier alpha value is -1.68. The number of carbonyl (C=O) groups excluding carboxylic acids is 1. The Labute approximate surface area is 113 Å². The minimum atomic E-state index is -3.45. The lowest BCUT2D eigenvalue weighted by Crippen LogP contribution is -2.39. The zero-order valence-electron chi connectivity index (χ0n) is 11.2. The van der Waals surface area contributed by atoms with Crippen LogP contribution in [0.3, 0.4) is 0 Å². The molecule has 0 atom stereocenters. The largest absolute Gasteiger partial charge is 0.292 e. The van der Waals surface area contributed by atoms with Crippen LogP contribution in [0, 0.1) is 0 Å². The van der Waals surface area contributed by atoms with E-state index in [0.29, 0.717) is 5.56 Å². The second kappa shape index (κ2) is 4.46. The normalized spacial score (nSPS) is 12.6. The molecule has 19 heavy (non-hydrogen) atoms. The average molecular weight is 276 g/mol. The molecule has 0 saturated heterocycles. The zero-order valence-corrected chi connectivity index (χ0v) is 12.0. The molecule has 0 aromatic heterocycles. The first-order valence-electron chi connectivity index (χ1n) is 5.97. The highest BCUT2D eigenvalue weighted by Crippen LogP contribution is 2.24. The fourth-order valence-corrected chi connectivity index (χ4v) is 2.30. The van der Waals surface area contributed by atoms with E-state index in [4.69, 9.17) is 0 Å². The molecule has 0 aliphatic heterocycles. The quantitative estimate of drug-likeness (QED) is 0.810. The van der Waals surface area contributed by atoms with E-state index >= 15 is 0 Å². The molecule has 0 heterocycles. The second-order valence-electron chi connectivity index (χ2n) is 5.17. The van der Waals surface area contributed by atoms with Crippen molar-refractivity contribution in [3.8, 4) is 0 Å². The number of Topliss-reactive ketones (excluding diaryl/α,β-unsaturated/α-hetero) is 1. The van der Waals surface area contributed by atoms with Gasteiger partial charge in [0.25, 0.3) is 0 Å². The van der Waals surface area contributed by atoms with E-state index in [9.17, 15) is 13.2 Å². The van der Waals surface area contributed by atoms with E-state index in [2.05, 4.69) is 0 Å². The van der Waals surface area contributed by atoms with E-state index in [1.165, 1.54) is 13.8 Å². The minimum absolute atomic E-state index is 0.374. The molecule has 0 bridgehead atoms. The summed E-state index contributed by atoms with van der Waals surface area (Å²) in [6.45, 7) is 2.89. The summed E-state index contributed by atoms with van der Waals surface area (Å²) in [5.41, 5.74) is 0.425. The molecule has 4 heteroatoms. The van der Waals surface area contributed by atoms with Crippen LogP contribution in [0.15, 0.2) is 42.5 Å². The highest BCUT2D eigenvalue weighted by atomic mass is 32.2. The number of hydrogen-bond donors (Lipinski definition) is 0. The van der Waals surface area contributed by atoms with Gasteiger partial charge in [0.05, 0.1) is 0 Å². The van der Waals surface area contributed by atoms with Gasteiger partial charge in [0.2, 0.25) is 0 Å². The Morgan fingerprint density at radius 1 is 1.00 bits per heavy atom. The van der Waals surface area contributed by atoms with E-state index in [0.717, 1.165) is 17.0 Å². The lowest BCUT2D eigenvalue weighted by molar-refractivity contribution is 0.0954. The van der Waals surface area contributed by atoms with Crippen molar-refractivity contribution in [2.45, 2.75) is 18.6 Å². The molecule has 2 rings (SSSR count). The van der Waals surface area contributed by atoms with E-state index in [1.807, 2.05) is 30.3 Å². The number of ketones is 1. The van der Waals surface area contributed by atoms with Gasteiger partial charge in [0.1, 0.15) is 4.75 Å². The van der Waals surface area contributed by atoms with Crippen LogP contribution in [0.1, 0.15) is 24.2 Å². The maximum Gasteiger partial charge on any atom is 0.183 e. The lowest BCUT2D eigenvalue weighted by atomic mass is 9.97. The van der Waals surface area contributed by atoms with Crippen molar-refractivity contribution in [2.24, 2.45) is 0 Å². The average Bonchev–Trinajstić information content (AvgIpc) is 2.36. The van der Waals surface area contributed by atoms with Crippen LogP contribution < -0.4 is 0 Å². The van der Waals surface area contributed by atoms with Crippen molar-refractivity contribution in [1.82, 2.24) is 0 Å². The van der Waals surface area contributed by atoms with Gasteiger partial charge in [-0.2, -0.15) is 0 Å². The Kier molecular flexibility index (Phi) is 3.22. The highest BCUT2D eigenvalue weighted by Gasteiger charge is 2.38. The maximum atomic E-state index is 12.4. The topological polar surface area (TPSA) is 51.2 Å². The molecule has 0 aliphatic carbocycles. The molecular formula is C15H16O3S. The molecular weight excluding hydrogens is 260 g/mol. The standard InChI is InChI=1S/C15H16O3S/c1-15(2,19(3,17)18)14(16)13-9-8-11-6-4-5-7-12(11)10-13/h4-10H,1-3H3. The molecule has 2 aromatic carbocycles. The minimum Gasteiger partial charge on any atom is -0.292 e. The third-order valence-corrected chi connectivity index (χ3v) is 5.52. The van der Waals surface area contributed by atoms with Gasteiger partial charge in [-0.25, -0.2) is 8.42 Å². The first kappa shape index (κ1) is 13.7. The summed E-state index contributed by atoms with van der Waals surface area (Å²) in [5, 5.41) is 1.95. The third kappa shape index (κ3) is 2.40. The molecule has 0 fully saturated rings. The molecule has 0 unspecified atom stereocenters. The van der Waals surface area contributed by atoms with Crippen molar-refractivity contribution >= 4 is 26.4 Å². The van der Waals surface area contributed by atoms with Crippen molar-refractivity contribution in [3.63, 3.8) is 0 Å². The first-order chi connectivity index (χ1) is 8.73. The number of benzene rings is 2. The lowest BCUT2D eigenvalue weighted by Gasteiger charge is -2.21. The van der Waals surface area contributed by atoms with Crippen LogP contribution in [0.5, 0.6) is 0 Å². The van der Waals surface area contributed by atoms with Gasteiger partial charge in [-0.15, -0.1) is 0 Å². The van der Waals surface area contributed by atoms with Crippen LogP contribution >= 0.6 is 0 Å². The maximum absolute atomic E-state index is 12.4. The molecule has 0 N–H and O–H groups in total. The fourth-order valence-electron chi connectivity index (χ4n) is 1.85. The van der Waals surface area contributed by atoms with E-state index in [1.54, 1.807) is 12.1 Å². The third-order valence-electron chi connectivity index (χ3n) is 3.49. The van der Waals surface area contributed by atoms with Crippen molar-refractivity contribution in [2.75, 3.05) is 6.26 Å². The van der Waals surface area contributed by atoms with Gasteiger partial charge in [-0.3, -0.25) is 4.79 Å². The summed E-state index contributed by atoms with van der Waals surface area (Å²) in [6, 6.07) is 12.9. The van der Waals surface area contributed by atoms with Gasteiger partial charge in [0.15, 0.2) is 15.6 Å². The number of fused-ring (bicyclic) bond motifs is 1. The Balaban J connectivity index is 2.54. The molecule has 0 aliphatic rings. The molecule has 3 nitrogen and oxygen atoms in total. The van der Waals surface area contributed by atoms with Gasteiger partial charge in [-0.1, -0.05) is 36.4 Å². The van der Waals surface area contributed by atoms with Crippen molar-refractivity contribution in [3.05, 3.63) is 48.0 Å². The summed E-state index contributed by atoms with van der Waals surface area (Å²) >= 11 is 0. The second-order valence-corrected chi connectivity index (χ2v) is 7.74. The van der Waals surface area contributed by atoms with Crippen LogP contribution in [0.2, 0.25) is 0 Å². The number of hydrogen-bond acceptors (Lipinski definition) is 3. The summed E-state index contributed by atoms with van der Waals surface area (Å²) in [7, 11) is -3.45. The van der Waals surface area contributed by atoms with Crippen LogP contribution in [0.25, 0.3) is 10.8 Å². The smallest absolute Gasteiger partial charge is 0.183 e.